The summed E-state index contributed by atoms with van der Waals surface area (Å²) in [5, 5.41) is 11.4. The molecule has 1 fully saturated rings. The highest BCUT2D eigenvalue weighted by Gasteiger charge is 2.48. The molecule has 1 aromatic heterocycles. The van der Waals surface area contributed by atoms with E-state index < -0.39 is 35.3 Å². The van der Waals surface area contributed by atoms with Crippen molar-refractivity contribution in [2.24, 2.45) is 0 Å². The van der Waals surface area contributed by atoms with Gasteiger partial charge in [-0.3, -0.25) is 14.5 Å². The summed E-state index contributed by atoms with van der Waals surface area (Å²) in [7, 11) is 0. The number of aryl methyl sites for hydroxylation is 2. The highest BCUT2D eigenvalue weighted by atomic mass is 32.1. The number of Topliss-reactive ketones (excluding diaryl/α,β-unsaturated/α-hetero) is 1. The smallest absolute Gasteiger partial charge is 0.350 e. The average molecular weight is 537 g/mol. The molecule has 0 bridgehead atoms. The number of hydrogen-bond acceptors (Lipinski definition) is 7. The zero-order valence-corrected chi connectivity index (χ0v) is 22.9. The lowest BCUT2D eigenvalue weighted by molar-refractivity contribution is -0.132. The number of benzene rings is 2. The van der Waals surface area contributed by atoms with Crippen LogP contribution in [0.2, 0.25) is 0 Å². The van der Waals surface area contributed by atoms with E-state index in [1.807, 2.05) is 12.1 Å². The van der Waals surface area contributed by atoms with Gasteiger partial charge in [-0.25, -0.2) is 14.2 Å². The van der Waals surface area contributed by atoms with Crippen LogP contribution in [0, 0.1) is 19.7 Å². The Morgan fingerprint density at radius 2 is 1.79 bits per heavy atom. The van der Waals surface area contributed by atoms with Crippen molar-refractivity contribution in [2.75, 3.05) is 11.5 Å². The van der Waals surface area contributed by atoms with Crippen LogP contribution >= 0.6 is 11.3 Å². The van der Waals surface area contributed by atoms with Crippen molar-refractivity contribution < 1.29 is 28.6 Å². The van der Waals surface area contributed by atoms with Gasteiger partial charge >= 0.3 is 11.9 Å². The number of nitrogens with zero attached hydrogens (tertiary/aromatic N) is 2. The lowest BCUT2D eigenvalue weighted by atomic mass is 9.85. The number of halogens is 1. The number of aliphatic hydroxyl groups excluding tert-OH is 1. The molecule has 1 saturated heterocycles. The molecule has 4 rings (SSSR count). The van der Waals surface area contributed by atoms with Crippen LogP contribution in [0.25, 0.3) is 5.76 Å². The second kappa shape index (κ2) is 10.1. The second-order valence-corrected chi connectivity index (χ2v) is 11.1. The molecule has 1 N–H and O–H groups in total. The Bertz CT molecular complexity index is 1470. The van der Waals surface area contributed by atoms with E-state index in [0.29, 0.717) is 16.8 Å². The normalized spacial score (nSPS) is 17.2. The molecule has 1 aliphatic heterocycles. The largest absolute Gasteiger partial charge is 0.507 e. The Kier molecular flexibility index (Phi) is 7.25. The van der Waals surface area contributed by atoms with Crippen LogP contribution in [0.15, 0.2) is 48.0 Å². The van der Waals surface area contributed by atoms with Crippen LogP contribution in [0.1, 0.15) is 71.4 Å². The van der Waals surface area contributed by atoms with Crippen LogP contribution < -0.4 is 4.90 Å². The van der Waals surface area contributed by atoms with E-state index in [1.165, 1.54) is 17.0 Å². The minimum absolute atomic E-state index is 0.0740. The van der Waals surface area contributed by atoms with Gasteiger partial charge in [0.2, 0.25) is 0 Å². The molecule has 1 aliphatic rings. The standard InChI is InChI=1S/C29H29FN2O5S/c1-7-37-27(36)25-16(3)31-28(38-25)32-22(17-10-12-19(13-11-17)29(4,5)6)21(24(34)26(32)35)23(33)18-9-8-15(2)20(30)14-18/h8-14,22,33H,7H2,1-6H3/b23-21-. The minimum atomic E-state index is -1.05. The number of anilines is 1. The molecule has 0 aliphatic carbocycles. The van der Waals surface area contributed by atoms with E-state index in [2.05, 4.69) is 25.8 Å². The topological polar surface area (TPSA) is 96.8 Å². The first kappa shape index (κ1) is 27.2. The molecule has 198 valence electrons. The maximum atomic E-state index is 14.4. The average Bonchev–Trinajstić information content (AvgIpc) is 3.37. The van der Waals surface area contributed by atoms with Gasteiger partial charge in [0.25, 0.3) is 5.78 Å². The maximum absolute atomic E-state index is 14.4. The Morgan fingerprint density at radius 1 is 1.13 bits per heavy atom. The predicted molar refractivity (Wildman–Crippen MR) is 144 cm³/mol. The van der Waals surface area contributed by atoms with E-state index in [1.54, 1.807) is 32.9 Å². The first-order chi connectivity index (χ1) is 17.8. The molecule has 1 unspecified atom stereocenters. The fraction of sp³-hybridized carbons (Fsp3) is 0.310. The van der Waals surface area contributed by atoms with E-state index in [4.69, 9.17) is 4.74 Å². The van der Waals surface area contributed by atoms with Crippen LogP contribution in [-0.4, -0.2) is 34.4 Å². The van der Waals surface area contributed by atoms with Crippen LogP contribution in [-0.2, 0) is 19.7 Å². The van der Waals surface area contributed by atoms with Crippen molar-refractivity contribution in [1.82, 2.24) is 4.98 Å². The number of esters is 1. The summed E-state index contributed by atoms with van der Waals surface area (Å²) in [4.78, 5) is 45.0. The number of amides is 1. The number of ketones is 1. The molecule has 38 heavy (non-hydrogen) atoms. The highest BCUT2D eigenvalue weighted by molar-refractivity contribution is 7.17. The minimum Gasteiger partial charge on any atom is -0.507 e. The molecular weight excluding hydrogens is 507 g/mol. The summed E-state index contributed by atoms with van der Waals surface area (Å²) in [5.41, 5.74) is 2.07. The molecular formula is C29H29FN2O5S. The van der Waals surface area contributed by atoms with Crippen molar-refractivity contribution in [3.05, 3.63) is 86.7 Å². The zero-order chi connectivity index (χ0) is 27.9. The molecule has 3 aromatic rings. The van der Waals surface area contributed by atoms with Gasteiger partial charge in [0.15, 0.2) is 5.13 Å². The lowest BCUT2D eigenvalue weighted by Gasteiger charge is -2.24. The molecule has 0 saturated carbocycles. The van der Waals surface area contributed by atoms with Gasteiger partial charge in [0.05, 0.1) is 23.9 Å². The summed E-state index contributed by atoms with van der Waals surface area (Å²) < 4.78 is 19.5. The quantitative estimate of drug-likeness (QED) is 0.186. The predicted octanol–water partition coefficient (Wildman–Crippen LogP) is 6.00. The highest BCUT2D eigenvalue weighted by Crippen LogP contribution is 2.44. The van der Waals surface area contributed by atoms with Gasteiger partial charge in [-0.1, -0.05) is 68.5 Å². The third-order valence-corrected chi connectivity index (χ3v) is 7.57. The van der Waals surface area contributed by atoms with Crippen molar-refractivity contribution in [2.45, 2.75) is 53.0 Å². The van der Waals surface area contributed by atoms with E-state index >= 15 is 0 Å². The molecule has 0 spiro atoms. The second-order valence-electron chi connectivity index (χ2n) is 10.1. The Balaban J connectivity index is 1.92. The summed E-state index contributed by atoms with van der Waals surface area (Å²) in [6.07, 6.45) is 0. The number of ether oxygens (including phenoxy) is 1. The van der Waals surface area contributed by atoms with Gasteiger partial charge < -0.3 is 9.84 Å². The maximum Gasteiger partial charge on any atom is 0.350 e. The molecule has 9 heteroatoms. The Morgan fingerprint density at radius 3 is 2.37 bits per heavy atom. The lowest BCUT2D eigenvalue weighted by Crippen LogP contribution is -2.29. The van der Waals surface area contributed by atoms with Crippen LogP contribution in [0.4, 0.5) is 9.52 Å². The monoisotopic (exact) mass is 536 g/mol. The fourth-order valence-electron chi connectivity index (χ4n) is 4.28. The van der Waals surface area contributed by atoms with Gasteiger partial charge in [-0.05, 0) is 48.9 Å². The number of carbonyl (C=O) groups is 3. The molecule has 1 amide bonds. The number of aromatic nitrogens is 1. The number of aliphatic hydroxyl groups is 1. The third kappa shape index (κ3) is 4.86. The van der Waals surface area contributed by atoms with Gasteiger partial charge in [0.1, 0.15) is 16.5 Å². The van der Waals surface area contributed by atoms with Gasteiger partial charge in [-0.15, -0.1) is 0 Å². The fourth-order valence-corrected chi connectivity index (χ4v) is 5.26. The van der Waals surface area contributed by atoms with E-state index in [9.17, 15) is 23.9 Å². The number of rotatable bonds is 5. The van der Waals surface area contributed by atoms with Crippen molar-refractivity contribution in [3.63, 3.8) is 0 Å². The first-order valence-electron chi connectivity index (χ1n) is 12.2. The number of hydrogen-bond donors (Lipinski definition) is 1. The third-order valence-electron chi connectivity index (χ3n) is 6.43. The van der Waals surface area contributed by atoms with Crippen LogP contribution in [0.3, 0.4) is 0 Å². The van der Waals surface area contributed by atoms with Crippen molar-refractivity contribution >= 4 is 39.9 Å². The van der Waals surface area contributed by atoms with E-state index in [0.717, 1.165) is 23.0 Å². The number of carbonyl (C=O) groups excluding carboxylic acids is 3. The summed E-state index contributed by atoms with van der Waals surface area (Å²) in [5.74, 6) is -3.46. The van der Waals surface area contributed by atoms with Gasteiger partial charge in [-0.2, -0.15) is 0 Å². The molecule has 2 aromatic carbocycles. The molecule has 7 nitrogen and oxygen atoms in total. The Hall–Kier alpha value is -3.85. The summed E-state index contributed by atoms with van der Waals surface area (Å²) >= 11 is 0.933. The first-order valence-corrected chi connectivity index (χ1v) is 13.0. The zero-order valence-electron chi connectivity index (χ0n) is 22.1. The molecule has 2 heterocycles. The SMILES string of the molecule is CCOC(=O)c1sc(N2C(=O)C(=O)/C(=C(\O)c3ccc(C)c(F)c3)C2c2ccc(C(C)(C)C)cc2)nc1C. The Labute approximate surface area is 224 Å². The number of thiazole rings is 1. The summed E-state index contributed by atoms with van der Waals surface area (Å²) in [6.45, 7) is 11.2. The summed E-state index contributed by atoms with van der Waals surface area (Å²) in [6, 6.07) is 10.4. The van der Waals surface area contributed by atoms with Crippen molar-refractivity contribution in [3.8, 4) is 0 Å². The van der Waals surface area contributed by atoms with E-state index in [-0.39, 0.29) is 33.2 Å². The van der Waals surface area contributed by atoms with Crippen LogP contribution in [0.5, 0.6) is 0 Å². The van der Waals surface area contributed by atoms with Gasteiger partial charge in [0, 0.05) is 5.56 Å². The molecule has 0 radical (unpaired) electrons. The molecule has 1 atom stereocenters. The van der Waals surface area contributed by atoms with Crippen molar-refractivity contribution in [1.29, 1.82) is 0 Å².